The molecular weight excluding hydrogens is 306 g/mol. The Labute approximate surface area is 138 Å². The molecule has 0 unspecified atom stereocenters. The van der Waals surface area contributed by atoms with Crippen molar-refractivity contribution in [3.63, 3.8) is 0 Å². The van der Waals surface area contributed by atoms with Gasteiger partial charge in [0, 0.05) is 41.6 Å². The van der Waals surface area contributed by atoms with Crippen LogP contribution in [0.4, 0.5) is 10.5 Å². The van der Waals surface area contributed by atoms with Crippen LogP contribution in [-0.2, 0) is 0 Å². The zero-order valence-electron chi connectivity index (χ0n) is 12.9. The van der Waals surface area contributed by atoms with Crippen LogP contribution in [0.25, 0.3) is 21.9 Å². The van der Waals surface area contributed by atoms with Gasteiger partial charge in [-0.15, -0.1) is 0 Å². The molecule has 120 valence electrons. The van der Waals surface area contributed by atoms with Gasteiger partial charge in [-0.25, -0.2) is 4.79 Å². The van der Waals surface area contributed by atoms with Gasteiger partial charge in [0.15, 0.2) is 0 Å². The standard InChI is InChI=1S/C18H15N3O3/c1-21(18(23)24)14-6-4-11(5-7-14)16-10-20-9-13-3-2-12(17(19)22)8-15(13)16/h2-10H,1H3,(H2,19,22)(H,23,24). The molecule has 0 aliphatic rings. The average molecular weight is 321 g/mol. The van der Waals surface area contributed by atoms with Gasteiger partial charge in [-0.3, -0.25) is 14.7 Å². The maximum absolute atomic E-state index is 11.4. The molecule has 3 rings (SSSR count). The highest BCUT2D eigenvalue weighted by Crippen LogP contribution is 2.29. The van der Waals surface area contributed by atoms with Crippen LogP contribution in [0.3, 0.4) is 0 Å². The molecule has 0 bridgehead atoms. The number of nitrogens with two attached hydrogens (primary N) is 1. The normalized spacial score (nSPS) is 10.5. The van der Waals surface area contributed by atoms with E-state index in [1.54, 1.807) is 42.7 Å². The van der Waals surface area contributed by atoms with Crippen molar-refractivity contribution in [3.05, 3.63) is 60.4 Å². The maximum Gasteiger partial charge on any atom is 0.411 e. The topological polar surface area (TPSA) is 96.5 Å². The Morgan fingerprint density at radius 3 is 2.42 bits per heavy atom. The molecule has 2 amide bonds. The smallest absolute Gasteiger partial charge is 0.411 e. The number of fused-ring (bicyclic) bond motifs is 1. The number of benzene rings is 2. The third-order valence-electron chi connectivity index (χ3n) is 3.90. The minimum atomic E-state index is -1.03. The summed E-state index contributed by atoms with van der Waals surface area (Å²) < 4.78 is 0. The Balaban J connectivity index is 2.10. The highest BCUT2D eigenvalue weighted by Gasteiger charge is 2.10. The van der Waals surface area contributed by atoms with Crippen molar-refractivity contribution < 1.29 is 14.7 Å². The lowest BCUT2D eigenvalue weighted by molar-refractivity contribution is 0.100. The highest BCUT2D eigenvalue weighted by molar-refractivity contribution is 6.02. The fourth-order valence-corrected chi connectivity index (χ4v) is 2.52. The molecule has 3 N–H and O–H groups in total. The molecule has 0 atom stereocenters. The Morgan fingerprint density at radius 2 is 1.79 bits per heavy atom. The van der Waals surface area contributed by atoms with Crippen molar-refractivity contribution in [2.24, 2.45) is 5.73 Å². The number of rotatable bonds is 3. The maximum atomic E-state index is 11.4. The Hall–Kier alpha value is -3.41. The molecule has 0 saturated heterocycles. The van der Waals surface area contributed by atoms with Gasteiger partial charge in [0.2, 0.25) is 5.91 Å². The quantitative estimate of drug-likeness (QED) is 0.774. The summed E-state index contributed by atoms with van der Waals surface area (Å²) in [5.41, 5.74) is 8.07. The first kappa shape index (κ1) is 15.5. The van der Waals surface area contributed by atoms with Gasteiger partial charge in [-0.1, -0.05) is 18.2 Å². The van der Waals surface area contributed by atoms with Gasteiger partial charge >= 0.3 is 6.09 Å². The number of carbonyl (C=O) groups is 2. The fraction of sp³-hybridized carbons (Fsp3) is 0.0556. The number of primary amides is 1. The molecule has 1 heterocycles. The van der Waals surface area contributed by atoms with Crippen molar-refractivity contribution >= 4 is 28.5 Å². The van der Waals surface area contributed by atoms with Crippen LogP contribution < -0.4 is 10.6 Å². The molecule has 1 aromatic heterocycles. The molecule has 0 saturated carbocycles. The number of amides is 2. The average Bonchev–Trinajstić information content (AvgIpc) is 2.60. The summed E-state index contributed by atoms with van der Waals surface area (Å²) >= 11 is 0. The summed E-state index contributed by atoms with van der Waals surface area (Å²) in [5.74, 6) is -0.488. The van der Waals surface area contributed by atoms with Crippen LogP contribution in [-0.4, -0.2) is 29.1 Å². The van der Waals surface area contributed by atoms with E-state index in [4.69, 9.17) is 10.8 Å². The van der Waals surface area contributed by atoms with Crippen LogP contribution >= 0.6 is 0 Å². The Bertz CT molecular complexity index is 936. The monoisotopic (exact) mass is 321 g/mol. The van der Waals surface area contributed by atoms with E-state index in [-0.39, 0.29) is 0 Å². The Kier molecular flexibility index (Phi) is 3.87. The second-order valence-corrected chi connectivity index (χ2v) is 5.38. The van der Waals surface area contributed by atoms with E-state index in [9.17, 15) is 9.59 Å². The zero-order chi connectivity index (χ0) is 17.3. The summed E-state index contributed by atoms with van der Waals surface area (Å²) in [5, 5.41) is 10.8. The summed E-state index contributed by atoms with van der Waals surface area (Å²) in [7, 11) is 1.48. The van der Waals surface area contributed by atoms with Gasteiger partial charge in [0.05, 0.1) is 0 Å². The number of carboxylic acid groups (broad SMARTS) is 1. The number of pyridine rings is 1. The molecule has 6 nitrogen and oxygen atoms in total. The Morgan fingerprint density at radius 1 is 1.08 bits per heavy atom. The molecule has 0 spiro atoms. The van der Waals surface area contributed by atoms with E-state index in [1.807, 2.05) is 12.1 Å². The lowest BCUT2D eigenvalue weighted by Crippen LogP contribution is -2.23. The molecular formula is C18H15N3O3. The number of carbonyl (C=O) groups excluding carboxylic acids is 1. The van der Waals surface area contributed by atoms with Crippen molar-refractivity contribution in [2.75, 3.05) is 11.9 Å². The van der Waals surface area contributed by atoms with E-state index in [0.717, 1.165) is 26.8 Å². The van der Waals surface area contributed by atoms with E-state index in [1.165, 1.54) is 7.05 Å². The van der Waals surface area contributed by atoms with Gasteiger partial charge in [0.25, 0.3) is 0 Å². The predicted octanol–water partition coefficient (Wildman–Crippen LogP) is 3.11. The molecule has 6 heteroatoms. The summed E-state index contributed by atoms with van der Waals surface area (Å²) in [6, 6.07) is 12.3. The minimum Gasteiger partial charge on any atom is -0.465 e. The van der Waals surface area contributed by atoms with E-state index in [2.05, 4.69) is 4.98 Å². The third kappa shape index (κ3) is 2.77. The van der Waals surface area contributed by atoms with Crippen LogP contribution in [0, 0.1) is 0 Å². The lowest BCUT2D eigenvalue weighted by atomic mass is 9.99. The lowest BCUT2D eigenvalue weighted by Gasteiger charge is -2.14. The van der Waals surface area contributed by atoms with Gasteiger partial charge in [-0.2, -0.15) is 0 Å². The molecule has 2 aromatic carbocycles. The first-order chi connectivity index (χ1) is 11.5. The largest absolute Gasteiger partial charge is 0.465 e. The van der Waals surface area contributed by atoms with Crippen LogP contribution in [0.15, 0.2) is 54.9 Å². The van der Waals surface area contributed by atoms with Crippen LogP contribution in [0.2, 0.25) is 0 Å². The number of nitrogens with zero attached hydrogens (tertiary/aromatic N) is 2. The van der Waals surface area contributed by atoms with Crippen molar-refractivity contribution in [1.82, 2.24) is 4.98 Å². The third-order valence-corrected chi connectivity index (χ3v) is 3.90. The number of anilines is 1. The fourth-order valence-electron chi connectivity index (χ4n) is 2.52. The summed E-state index contributed by atoms with van der Waals surface area (Å²) in [4.78, 5) is 27.8. The number of aromatic nitrogens is 1. The predicted molar refractivity (Wildman–Crippen MR) is 92.1 cm³/mol. The second-order valence-electron chi connectivity index (χ2n) is 5.38. The molecule has 0 fully saturated rings. The van der Waals surface area contributed by atoms with Crippen molar-refractivity contribution in [3.8, 4) is 11.1 Å². The molecule has 0 radical (unpaired) electrons. The van der Waals surface area contributed by atoms with E-state index >= 15 is 0 Å². The second kappa shape index (κ2) is 6.00. The first-order valence-corrected chi connectivity index (χ1v) is 7.22. The highest BCUT2D eigenvalue weighted by atomic mass is 16.4. The molecule has 24 heavy (non-hydrogen) atoms. The molecule has 0 aliphatic heterocycles. The summed E-state index contributed by atoms with van der Waals surface area (Å²) in [6.07, 6.45) is 2.40. The van der Waals surface area contributed by atoms with Crippen LogP contribution in [0.5, 0.6) is 0 Å². The zero-order valence-corrected chi connectivity index (χ0v) is 12.9. The van der Waals surface area contributed by atoms with E-state index < -0.39 is 12.0 Å². The van der Waals surface area contributed by atoms with Crippen LogP contribution in [0.1, 0.15) is 10.4 Å². The molecule has 3 aromatic rings. The number of hydrogen-bond donors (Lipinski definition) is 2. The van der Waals surface area contributed by atoms with Gasteiger partial charge < -0.3 is 10.8 Å². The number of hydrogen-bond acceptors (Lipinski definition) is 3. The summed E-state index contributed by atoms with van der Waals surface area (Å²) in [6.45, 7) is 0. The first-order valence-electron chi connectivity index (χ1n) is 7.22. The minimum absolute atomic E-state index is 0.428. The molecule has 0 aliphatic carbocycles. The van der Waals surface area contributed by atoms with Gasteiger partial charge in [-0.05, 0) is 35.2 Å². The SMILES string of the molecule is CN(C(=O)O)c1ccc(-c2cncc3ccc(C(N)=O)cc23)cc1. The van der Waals surface area contributed by atoms with E-state index in [0.29, 0.717) is 11.3 Å². The van der Waals surface area contributed by atoms with Crippen molar-refractivity contribution in [1.29, 1.82) is 0 Å². The van der Waals surface area contributed by atoms with Gasteiger partial charge in [0.1, 0.15) is 0 Å². The van der Waals surface area contributed by atoms with Crippen molar-refractivity contribution in [2.45, 2.75) is 0 Å².